The second-order valence-corrected chi connectivity index (χ2v) is 5.71. The van der Waals surface area contributed by atoms with Crippen molar-refractivity contribution >= 4 is 23.5 Å². The van der Waals surface area contributed by atoms with Crippen molar-refractivity contribution in [2.45, 2.75) is 19.4 Å². The fourth-order valence-electron chi connectivity index (χ4n) is 2.45. The molecule has 1 aliphatic rings. The van der Waals surface area contributed by atoms with Crippen molar-refractivity contribution in [2.24, 2.45) is 0 Å². The zero-order chi connectivity index (χ0) is 15.4. The van der Waals surface area contributed by atoms with Gasteiger partial charge in [-0.1, -0.05) is 23.7 Å². The minimum absolute atomic E-state index is 0.187. The van der Waals surface area contributed by atoms with Crippen LogP contribution in [0.1, 0.15) is 28.8 Å². The minimum atomic E-state index is -0.187. The number of anilines is 1. The van der Waals surface area contributed by atoms with Crippen molar-refractivity contribution in [3.8, 4) is 0 Å². The second-order valence-electron chi connectivity index (χ2n) is 5.28. The number of nitrogens with zero attached hydrogens (tertiary/aromatic N) is 3. The first-order chi connectivity index (χ1) is 10.7. The number of hydrogen-bond donors (Lipinski definition) is 1. The Kier molecular flexibility index (Phi) is 4.53. The number of aromatic nitrogens is 2. The molecule has 22 heavy (non-hydrogen) atoms. The number of rotatable bonds is 4. The van der Waals surface area contributed by atoms with Crippen LogP contribution in [0.5, 0.6) is 0 Å². The van der Waals surface area contributed by atoms with E-state index in [0.29, 0.717) is 23.1 Å². The lowest BCUT2D eigenvalue weighted by molar-refractivity contribution is 0.0950. The molecule has 2 aromatic rings. The third-order valence-electron chi connectivity index (χ3n) is 3.63. The minimum Gasteiger partial charge on any atom is -0.348 e. The van der Waals surface area contributed by atoms with Gasteiger partial charge in [-0.3, -0.25) is 4.79 Å². The molecule has 1 N–H and O–H groups in total. The molecule has 0 saturated carbocycles. The summed E-state index contributed by atoms with van der Waals surface area (Å²) >= 11 is 5.92. The topological polar surface area (TPSA) is 58.1 Å². The van der Waals surface area contributed by atoms with Gasteiger partial charge in [0.15, 0.2) is 0 Å². The first-order valence-corrected chi connectivity index (χ1v) is 7.70. The van der Waals surface area contributed by atoms with Gasteiger partial charge in [-0.25, -0.2) is 9.97 Å². The van der Waals surface area contributed by atoms with Gasteiger partial charge >= 0.3 is 0 Å². The summed E-state index contributed by atoms with van der Waals surface area (Å²) in [6, 6.07) is 7.41. The standard InChI is InChI=1S/C16H17ClN4O/c17-14-5-3-4-12(8-14)9-18-15(22)13-10-19-16(20-11-13)21-6-1-2-7-21/h3-5,8,10-11H,1-2,6-7,9H2,(H,18,22). The van der Waals surface area contributed by atoms with E-state index in [9.17, 15) is 4.79 Å². The fraction of sp³-hybridized carbons (Fsp3) is 0.312. The van der Waals surface area contributed by atoms with Crippen LogP contribution in [0, 0.1) is 0 Å². The Morgan fingerprint density at radius 2 is 1.95 bits per heavy atom. The molecule has 1 aliphatic heterocycles. The van der Waals surface area contributed by atoms with Crippen LogP contribution >= 0.6 is 11.6 Å². The lowest BCUT2D eigenvalue weighted by Crippen LogP contribution is -2.24. The SMILES string of the molecule is O=C(NCc1cccc(Cl)c1)c1cnc(N2CCCC2)nc1. The maximum atomic E-state index is 12.1. The molecule has 5 nitrogen and oxygen atoms in total. The van der Waals surface area contributed by atoms with Crippen molar-refractivity contribution in [3.63, 3.8) is 0 Å². The predicted molar refractivity (Wildman–Crippen MR) is 86.1 cm³/mol. The number of halogens is 1. The van der Waals surface area contributed by atoms with Gasteiger partial charge in [0.2, 0.25) is 5.95 Å². The molecule has 1 saturated heterocycles. The van der Waals surface area contributed by atoms with Gasteiger partial charge in [0.25, 0.3) is 5.91 Å². The Morgan fingerprint density at radius 1 is 1.23 bits per heavy atom. The Bertz CT molecular complexity index is 653. The van der Waals surface area contributed by atoms with E-state index in [1.807, 2.05) is 18.2 Å². The van der Waals surface area contributed by atoms with Crippen LogP contribution in [0.4, 0.5) is 5.95 Å². The Labute approximate surface area is 134 Å². The van der Waals surface area contributed by atoms with Crippen molar-refractivity contribution < 1.29 is 4.79 Å². The highest BCUT2D eigenvalue weighted by atomic mass is 35.5. The number of hydrogen-bond acceptors (Lipinski definition) is 4. The first-order valence-electron chi connectivity index (χ1n) is 7.32. The Hall–Kier alpha value is -2.14. The molecular formula is C16H17ClN4O. The van der Waals surface area contributed by atoms with Crippen LogP contribution in [0.2, 0.25) is 5.02 Å². The molecule has 0 radical (unpaired) electrons. The van der Waals surface area contributed by atoms with E-state index in [2.05, 4.69) is 20.2 Å². The highest BCUT2D eigenvalue weighted by Gasteiger charge is 2.15. The van der Waals surface area contributed by atoms with Crippen LogP contribution in [0.3, 0.4) is 0 Å². The number of nitrogens with one attached hydrogen (secondary N) is 1. The summed E-state index contributed by atoms with van der Waals surface area (Å²) in [6.07, 6.45) is 5.50. The van der Waals surface area contributed by atoms with Gasteiger partial charge in [-0.2, -0.15) is 0 Å². The van der Waals surface area contributed by atoms with E-state index in [1.54, 1.807) is 18.5 Å². The average molecular weight is 317 g/mol. The summed E-state index contributed by atoms with van der Waals surface area (Å²) in [5.74, 6) is 0.511. The molecule has 3 rings (SSSR count). The molecule has 1 fully saturated rings. The predicted octanol–water partition coefficient (Wildman–Crippen LogP) is 2.66. The summed E-state index contributed by atoms with van der Waals surface area (Å²) < 4.78 is 0. The molecule has 1 aromatic heterocycles. The number of benzene rings is 1. The van der Waals surface area contributed by atoms with Crippen LogP contribution in [0.15, 0.2) is 36.7 Å². The van der Waals surface area contributed by atoms with Crippen LogP contribution in [-0.4, -0.2) is 29.0 Å². The van der Waals surface area contributed by atoms with E-state index >= 15 is 0 Å². The van der Waals surface area contributed by atoms with Crippen LogP contribution < -0.4 is 10.2 Å². The highest BCUT2D eigenvalue weighted by Crippen LogP contribution is 2.15. The summed E-state index contributed by atoms with van der Waals surface area (Å²) in [5, 5.41) is 3.50. The van der Waals surface area contributed by atoms with Gasteiger partial charge in [0, 0.05) is 37.1 Å². The summed E-state index contributed by atoms with van der Waals surface area (Å²) in [5.41, 5.74) is 1.42. The molecular weight excluding hydrogens is 300 g/mol. The molecule has 0 unspecified atom stereocenters. The normalized spacial score (nSPS) is 14.1. The van der Waals surface area contributed by atoms with Gasteiger partial charge in [0.1, 0.15) is 0 Å². The summed E-state index contributed by atoms with van der Waals surface area (Å²) in [6.45, 7) is 2.40. The van der Waals surface area contributed by atoms with Crippen molar-refractivity contribution in [2.75, 3.05) is 18.0 Å². The fourth-order valence-corrected chi connectivity index (χ4v) is 2.66. The smallest absolute Gasteiger partial charge is 0.254 e. The Balaban J connectivity index is 1.60. The van der Waals surface area contributed by atoms with E-state index in [4.69, 9.17) is 11.6 Å². The lowest BCUT2D eigenvalue weighted by Gasteiger charge is -2.14. The highest BCUT2D eigenvalue weighted by molar-refractivity contribution is 6.30. The summed E-state index contributed by atoms with van der Waals surface area (Å²) in [4.78, 5) is 22.8. The molecule has 0 atom stereocenters. The maximum Gasteiger partial charge on any atom is 0.254 e. The largest absolute Gasteiger partial charge is 0.348 e. The lowest BCUT2D eigenvalue weighted by atomic mass is 10.2. The van der Waals surface area contributed by atoms with E-state index in [1.165, 1.54) is 12.8 Å². The quantitative estimate of drug-likeness (QED) is 0.942. The monoisotopic (exact) mass is 316 g/mol. The van der Waals surface area contributed by atoms with E-state index in [0.717, 1.165) is 18.7 Å². The van der Waals surface area contributed by atoms with Gasteiger partial charge in [0.05, 0.1) is 5.56 Å². The number of carbonyl (C=O) groups excluding carboxylic acids is 1. The molecule has 1 aromatic carbocycles. The number of carbonyl (C=O) groups is 1. The van der Waals surface area contributed by atoms with Crippen molar-refractivity contribution in [1.29, 1.82) is 0 Å². The molecule has 0 aliphatic carbocycles. The third-order valence-corrected chi connectivity index (χ3v) is 3.87. The first kappa shape index (κ1) is 14.8. The van der Waals surface area contributed by atoms with Crippen LogP contribution in [-0.2, 0) is 6.54 Å². The van der Waals surface area contributed by atoms with Crippen molar-refractivity contribution in [3.05, 3.63) is 52.8 Å². The van der Waals surface area contributed by atoms with Gasteiger partial charge in [-0.15, -0.1) is 0 Å². The molecule has 1 amide bonds. The molecule has 0 spiro atoms. The zero-order valence-corrected chi connectivity index (χ0v) is 12.9. The van der Waals surface area contributed by atoms with Crippen molar-refractivity contribution in [1.82, 2.24) is 15.3 Å². The molecule has 0 bridgehead atoms. The second kappa shape index (κ2) is 6.75. The van der Waals surface area contributed by atoms with Gasteiger partial charge < -0.3 is 10.2 Å². The number of amides is 1. The van der Waals surface area contributed by atoms with Gasteiger partial charge in [-0.05, 0) is 30.5 Å². The summed E-state index contributed by atoms with van der Waals surface area (Å²) in [7, 11) is 0. The third kappa shape index (κ3) is 3.54. The zero-order valence-electron chi connectivity index (χ0n) is 12.1. The average Bonchev–Trinajstić information content (AvgIpc) is 3.07. The molecule has 114 valence electrons. The molecule has 6 heteroatoms. The van der Waals surface area contributed by atoms with Crippen LogP contribution in [0.25, 0.3) is 0 Å². The Morgan fingerprint density at radius 3 is 2.64 bits per heavy atom. The van der Waals surface area contributed by atoms with E-state index < -0.39 is 0 Å². The van der Waals surface area contributed by atoms with E-state index in [-0.39, 0.29) is 5.91 Å². The maximum absolute atomic E-state index is 12.1. The molecule has 2 heterocycles.